The van der Waals surface area contributed by atoms with Crippen molar-refractivity contribution in [3.8, 4) is 28.4 Å². The van der Waals surface area contributed by atoms with E-state index in [4.69, 9.17) is 9.47 Å². The summed E-state index contributed by atoms with van der Waals surface area (Å²) < 4.78 is 11.2. The molecule has 5 rings (SSSR count). The highest BCUT2D eigenvalue weighted by molar-refractivity contribution is 5.88. The first-order valence-electron chi connectivity index (χ1n) is 10.9. The van der Waals surface area contributed by atoms with E-state index in [-0.39, 0.29) is 29.6 Å². The smallest absolute Gasteiger partial charge is 0.331 e. The van der Waals surface area contributed by atoms with Crippen LogP contribution in [0.4, 0.5) is 0 Å². The topological polar surface area (TPSA) is 79.2 Å². The number of nitrogens with zero attached hydrogens (tertiary/aromatic N) is 1. The predicted molar refractivity (Wildman–Crippen MR) is 117 cm³/mol. The van der Waals surface area contributed by atoms with E-state index < -0.39 is 0 Å². The Balaban J connectivity index is 1.75. The van der Waals surface area contributed by atoms with Gasteiger partial charge in [0.2, 0.25) is 0 Å². The number of aromatic hydroxyl groups is 2. The first-order chi connectivity index (χ1) is 15.0. The number of benzene rings is 2. The first-order valence-corrected chi connectivity index (χ1v) is 10.9. The molecule has 2 aromatic carbocycles. The fourth-order valence-corrected chi connectivity index (χ4v) is 5.37. The van der Waals surface area contributed by atoms with Gasteiger partial charge in [-0.2, -0.15) is 0 Å². The molecule has 3 aliphatic heterocycles. The van der Waals surface area contributed by atoms with Crippen LogP contribution in [0.5, 0.6) is 17.2 Å². The first kappa shape index (κ1) is 19.9. The van der Waals surface area contributed by atoms with Gasteiger partial charge >= 0.3 is 5.97 Å². The summed E-state index contributed by atoms with van der Waals surface area (Å²) >= 11 is 0. The normalized spacial score (nSPS) is 25.5. The third-order valence-electron chi connectivity index (χ3n) is 6.81. The standard InChI is InChI=1S/C25H27NO5/c1-30-24-14-18-19(13-23(24)28)21-12-17(11-16-4-2-3-9-26(16)21)31-25(29)8-6-15-5-7-22(27)20(18)10-15/h5-8,10,13-14,16-17,21,27-28H,2-4,9,11-12H2,1H3/t16-,17-,21-/m0/s1. The molecule has 3 atom stereocenters. The van der Waals surface area contributed by atoms with E-state index in [2.05, 4.69) is 4.90 Å². The number of hydrogen-bond donors (Lipinski definition) is 2. The molecule has 6 heteroatoms. The van der Waals surface area contributed by atoms with Gasteiger partial charge in [0.25, 0.3) is 0 Å². The maximum absolute atomic E-state index is 12.5. The number of hydrogen-bond acceptors (Lipinski definition) is 6. The van der Waals surface area contributed by atoms with Gasteiger partial charge in [-0.15, -0.1) is 0 Å². The SMILES string of the molecule is COc1cc2c(cc1O)[C@@H]1C[C@H](C[C@@H]3CCCCN31)OC(=O)C=Cc1ccc(O)c-2c1. The lowest BCUT2D eigenvalue weighted by molar-refractivity contribution is -0.148. The minimum Gasteiger partial charge on any atom is -0.507 e. The van der Waals surface area contributed by atoms with Gasteiger partial charge < -0.3 is 19.7 Å². The van der Waals surface area contributed by atoms with E-state index in [0.717, 1.165) is 48.9 Å². The molecule has 3 aliphatic rings. The van der Waals surface area contributed by atoms with Crippen LogP contribution < -0.4 is 4.74 Å². The molecule has 4 bridgehead atoms. The second-order valence-corrected chi connectivity index (χ2v) is 8.65. The van der Waals surface area contributed by atoms with Gasteiger partial charge in [0.15, 0.2) is 11.5 Å². The van der Waals surface area contributed by atoms with E-state index in [9.17, 15) is 15.0 Å². The van der Waals surface area contributed by atoms with Crippen molar-refractivity contribution >= 4 is 12.0 Å². The zero-order chi connectivity index (χ0) is 21.5. The molecule has 6 nitrogen and oxygen atoms in total. The monoisotopic (exact) mass is 421 g/mol. The Hall–Kier alpha value is -2.99. The quantitative estimate of drug-likeness (QED) is 0.665. The Morgan fingerprint density at radius 2 is 1.90 bits per heavy atom. The van der Waals surface area contributed by atoms with Crippen molar-refractivity contribution in [2.24, 2.45) is 0 Å². The van der Waals surface area contributed by atoms with E-state index in [1.165, 1.54) is 13.2 Å². The molecule has 0 saturated carbocycles. The Morgan fingerprint density at radius 1 is 1.03 bits per heavy atom. The molecule has 0 spiro atoms. The number of carbonyl (C=O) groups excluding carboxylic acids is 1. The van der Waals surface area contributed by atoms with E-state index in [1.807, 2.05) is 6.07 Å². The van der Waals surface area contributed by atoms with Crippen molar-refractivity contribution in [2.75, 3.05) is 13.7 Å². The molecule has 3 heterocycles. The number of esters is 1. The third kappa shape index (κ3) is 3.65. The van der Waals surface area contributed by atoms with Gasteiger partial charge in [-0.25, -0.2) is 4.79 Å². The van der Waals surface area contributed by atoms with Crippen molar-refractivity contribution in [1.29, 1.82) is 0 Å². The molecule has 0 radical (unpaired) electrons. The highest BCUT2D eigenvalue weighted by Crippen LogP contribution is 2.47. The molecule has 0 amide bonds. The van der Waals surface area contributed by atoms with Crippen LogP contribution in [0, 0.1) is 0 Å². The molecule has 2 saturated heterocycles. The second kappa shape index (κ2) is 7.93. The molecule has 0 aromatic heterocycles. The number of carbonyl (C=O) groups is 1. The number of ether oxygens (including phenoxy) is 2. The highest BCUT2D eigenvalue weighted by atomic mass is 16.5. The Bertz CT molecular complexity index is 1050. The molecular formula is C25H27NO5. The van der Waals surface area contributed by atoms with Crippen LogP contribution in [-0.2, 0) is 9.53 Å². The molecule has 0 aliphatic carbocycles. The maximum atomic E-state index is 12.5. The summed E-state index contributed by atoms with van der Waals surface area (Å²) in [5.41, 5.74) is 3.18. The van der Waals surface area contributed by atoms with Gasteiger partial charge in [-0.1, -0.05) is 12.5 Å². The lowest BCUT2D eigenvalue weighted by Crippen LogP contribution is -2.49. The summed E-state index contributed by atoms with van der Waals surface area (Å²) in [4.78, 5) is 15.0. The van der Waals surface area contributed by atoms with Crippen LogP contribution >= 0.6 is 0 Å². The number of rotatable bonds is 1. The highest BCUT2D eigenvalue weighted by Gasteiger charge is 2.40. The van der Waals surface area contributed by atoms with Crippen LogP contribution in [0.15, 0.2) is 36.4 Å². The van der Waals surface area contributed by atoms with Crippen molar-refractivity contribution in [3.63, 3.8) is 0 Å². The zero-order valence-electron chi connectivity index (χ0n) is 17.6. The van der Waals surface area contributed by atoms with E-state index in [0.29, 0.717) is 23.8 Å². The minimum atomic E-state index is -0.346. The summed E-state index contributed by atoms with van der Waals surface area (Å²) in [6, 6.07) is 9.08. The minimum absolute atomic E-state index is 0.0323. The van der Waals surface area contributed by atoms with Crippen LogP contribution in [0.1, 0.15) is 49.3 Å². The van der Waals surface area contributed by atoms with Crippen LogP contribution in [-0.4, -0.2) is 46.9 Å². The maximum Gasteiger partial charge on any atom is 0.331 e. The number of methoxy groups -OCH3 is 1. The molecule has 0 unspecified atom stereocenters. The summed E-state index contributed by atoms with van der Waals surface area (Å²) in [6.07, 6.45) is 7.80. The molecule has 2 N–H and O–H groups in total. The Kier molecular flexibility index (Phi) is 5.10. The lowest BCUT2D eigenvalue weighted by Gasteiger charge is -2.48. The fourth-order valence-electron chi connectivity index (χ4n) is 5.37. The summed E-state index contributed by atoms with van der Waals surface area (Å²) in [6.45, 7) is 0.966. The van der Waals surface area contributed by atoms with Crippen molar-refractivity contribution in [2.45, 2.75) is 50.3 Å². The van der Waals surface area contributed by atoms with Crippen molar-refractivity contribution in [3.05, 3.63) is 47.5 Å². The van der Waals surface area contributed by atoms with E-state index >= 15 is 0 Å². The summed E-state index contributed by atoms with van der Waals surface area (Å²) in [5.74, 6) is 0.228. The van der Waals surface area contributed by atoms with Gasteiger partial charge in [-0.3, -0.25) is 4.90 Å². The number of piperidine rings is 2. The number of phenols is 2. The number of phenolic OH excluding ortho intramolecular Hbond substituents is 2. The van der Waals surface area contributed by atoms with Crippen LogP contribution in [0.3, 0.4) is 0 Å². The van der Waals surface area contributed by atoms with Crippen LogP contribution in [0.25, 0.3) is 17.2 Å². The fraction of sp³-hybridized carbons (Fsp3) is 0.400. The van der Waals surface area contributed by atoms with Gasteiger partial charge in [-0.05, 0) is 66.4 Å². The average Bonchev–Trinajstić information content (AvgIpc) is 2.77. The lowest BCUT2D eigenvalue weighted by atomic mass is 9.81. The second-order valence-electron chi connectivity index (χ2n) is 8.65. The average molecular weight is 421 g/mol. The third-order valence-corrected chi connectivity index (χ3v) is 6.81. The van der Waals surface area contributed by atoms with Crippen molar-refractivity contribution < 1.29 is 24.5 Å². The van der Waals surface area contributed by atoms with Crippen LogP contribution in [0.2, 0.25) is 0 Å². The molecule has 2 fully saturated rings. The Labute approximate surface area is 181 Å². The van der Waals surface area contributed by atoms with Gasteiger partial charge in [0, 0.05) is 36.6 Å². The zero-order valence-corrected chi connectivity index (χ0v) is 17.6. The summed E-state index contributed by atoms with van der Waals surface area (Å²) in [5, 5.41) is 21.4. The molecular weight excluding hydrogens is 394 g/mol. The van der Waals surface area contributed by atoms with Gasteiger partial charge in [0.05, 0.1) is 7.11 Å². The predicted octanol–water partition coefficient (Wildman–Crippen LogP) is 4.40. The molecule has 162 valence electrons. The number of fused-ring (bicyclic) bond motifs is 9. The molecule has 31 heavy (non-hydrogen) atoms. The van der Waals surface area contributed by atoms with Gasteiger partial charge in [0.1, 0.15) is 11.9 Å². The Morgan fingerprint density at radius 3 is 2.74 bits per heavy atom. The largest absolute Gasteiger partial charge is 0.507 e. The summed E-state index contributed by atoms with van der Waals surface area (Å²) in [7, 11) is 1.52. The van der Waals surface area contributed by atoms with Crippen molar-refractivity contribution in [1.82, 2.24) is 4.90 Å². The van der Waals surface area contributed by atoms with E-state index in [1.54, 1.807) is 30.3 Å². The molecule has 2 aromatic rings.